The Morgan fingerprint density at radius 3 is 2.52 bits per heavy atom. The fourth-order valence-electron chi connectivity index (χ4n) is 2.95. The number of urea groups is 1. The number of rotatable bonds is 7. The van der Waals surface area contributed by atoms with Crippen LogP contribution in [0, 0.1) is 0 Å². The van der Waals surface area contributed by atoms with Gasteiger partial charge in [0.1, 0.15) is 0 Å². The number of hydrogen-bond acceptors (Lipinski definition) is 3. The second kappa shape index (κ2) is 8.18. The van der Waals surface area contributed by atoms with Gasteiger partial charge in [-0.05, 0) is 33.6 Å². The van der Waals surface area contributed by atoms with Gasteiger partial charge in [0, 0.05) is 42.7 Å². The summed E-state index contributed by atoms with van der Waals surface area (Å²) in [6, 6.07) is 0.0238. The summed E-state index contributed by atoms with van der Waals surface area (Å²) in [6.07, 6.45) is 5.53. The highest BCUT2D eigenvalue weighted by molar-refractivity contribution is 5.74. The fraction of sp³-hybridized carbons (Fsp3) is 0.611. The lowest BCUT2D eigenvalue weighted by atomic mass is 10.1. The first-order valence-corrected chi connectivity index (χ1v) is 8.99. The van der Waals surface area contributed by atoms with E-state index in [1.807, 2.05) is 29.5 Å². The van der Waals surface area contributed by atoms with Gasteiger partial charge in [-0.3, -0.25) is 9.36 Å². The van der Waals surface area contributed by atoms with Crippen LogP contribution in [0.4, 0.5) is 4.79 Å². The predicted molar refractivity (Wildman–Crippen MR) is 98.4 cm³/mol. The molecule has 0 unspecified atom stereocenters. The molecule has 0 radical (unpaired) electrons. The van der Waals surface area contributed by atoms with Crippen LogP contribution in [0.2, 0.25) is 0 Å². The van der Waals surface area contributed by atoms with E-state index in [1.54, 1.807) is 6.20 Å². The minimum atomic E-state index is -0.183. The summed E-state index contributed by atoms with van der Waals surface area (Å²) in [5.41, 5.74) is 4.34. The van der Waals surface area contributed by atoms with Gasteiger partial charge in [-0.2, -0.15) is 10.2 Å². The summed E-state index contributed by atoms with van der Waals surface area (Å²) in [5, 5.41) is 14.8. The molecule has 0 bridgehead atoms. The van der Waals surface area contributed by atoms with Gasteiger partial charge in [-0.1, -0.05) is 13.8 Å². The van der Waals surface area contributed by atoms with Gasteiger partial charge >= 0.3 is 6.03 Å². The Morgan fingerprint density at radius 1 is 1.24 bits per heavy atom. The second-order valence-corrected chi connectivity index (χ2v) is 6.60. The monoisotopic (exact) mass is 346 g/mol. The predicted octanol–water partition coefficient (Wildman–Crippen LogP) is 2.88. The molecule has 2 rings (SSSR count). The summed E-state index contributed by atoms with van der Waals surface area (Å²) in [4.78, 5) is 12.3. The molecule has 7 nitrogen and oxygen atoms in total. The standard InChI is InChI=1S/C18H30N6O/c1-7-16-15(17(8-2)23(6)22-16)10-19-18(25)21-13(5)14-9-20-24(11-14)12(3)4/h9,11-13H,7-8,10H2,1-6H3,(H2,19,21,25)/t13-/m1/s1. The average Bonchev–Trinajstić information content (AvgIpc) is 3.17. The molecule has 0 saturated heterocycles. The minimum absolute atomic E-state index is 0.0994. The highest BCUT2D eigenvalue weighted by atomic mass is 16.2. The smallest absolute Gasteiger partial charge is 0.315 e. The number of carbonyl (C=O) groups excluding carboxylic acids is 1. The van der Waals surface area contributed by atoms with Crippen molar-refractivity contribution in [2.75, 3.05) is 0 Å². The number of aromatic nitrogens is 4. The minimum Gasteiger partial charge on any atom is -0.334 e. The van der Waals surface area contributed by atoms with Gasteiger partial charge in [-0.15, -0.1) is 0 Å². The van der Waals surface area contributed by atoms with Crippen molar-refractivity contribution in [2.24, 2.45) is 7.05 Å². The Balaban J connectivity index is 1.96. The molecule has 2 aromatic rings. The molecule has 0 aliphatic rings. The van der Waals surface area contributed by atoms with Crippen LogP contribution in [0.3, 0.4) is 0 Å². The zero-order valence-electron chi connectivity index (χ0n) is 16.1. The SMILES string of the molecule is CCc1nn(C)c(CC)c1CNC(=O)N[C@H](C)c1cnn(C(C)C)c1. The molecule has 0 aliphatic carbocycles. The Hall–Kier alpha value is -2.31. The molecule has 25 heavy (non-hydrogen) atoms. The van der Waals surface area contributed by atoms with E-state index in [9.17, 15) is 4.79 Å². The fourth-order valence-corrected chi connectivity index (χ4v) is 2.95. The van der Waals surface area contributed by atoms with Crippen molar-refractivity contribution in [1.82, 2.24) is 30.2 Å². The van der Waals surface area contributed by atoms with E-state index in [-0.39, 0.29) is 12.1 Å². The number of aryl methyl sites for hydroxylation is 2. The number of nitrogens with one attached hydrogen (secondary N) is 2. The molecule has 1 atom stereocenters. The van der Waals surface area contributed by atoms with E-state index in [2.05, 4.69) is 48.5 Å². The summed E-state index contributed by atoms with van der Waals surface area (Å²) in [6.45, 7) is 10.8. The average molecular weight is 346 g/mol. The van der Waals surface area contributed by atoms with E-state index in [4.69, 9.17) is 0 Å². The van der Waals surface area contributed by atoms with Crippen LogP contribution in [0.15, 0.2) is 12.4 Å². The Bertz CT molecular complexity index is 715. The Labute approximate surface area is 149 Å². The number of hydrogen-bond donors (Lipinski definition) is 2. The first kappa shape index (κ1) is 19.0. The normalized spacial score (nSPS) is 12.4. The molecule has 2 N–H and O–H groups in total. The second-order valence-electron chi connectivity index (χ2n) is 6.60. The van der Waals surface area contributed by atoms with Crippen molar-refractivity contribution in [3.8, 4) is 0 Å². The van der Waals surface area contributed by atoms with Crippen LogP contribution < -0.4 is 10.6 Å². The van der Waals surface area contributed by atoms with Crippen LogP contribution in [0.5, 0.6) is 0 Å². The lowest BCUT2D eigenvalue weighted by Gasteiger charge is -2.14. The van der Waals surface area contributed by atoms with Crippen molar-refractivity contribution >= 4 is 6.03 Å². The summed E-state index contributed by atoms with van der Waals surface area (Å²) in [5.74, 6) is 0. The van der Waals surface area contributed by atoms with Crippen molar-refractivity contribution in [3.63, 3.8) is 0 Å². The highest BCUT2D eigenvalue weighted by Crippen LogP contribution is 2.16. The number of carbonyl (C=O) groups is 1. The van der Waals surface area contributed by atoms with Gasteiger partial charge < -0.3 is 10.6 Å². The van der Waals surface area contributed by atoms with Gasteiger partial charge in [-0.25, -0.2) is 4.79 Å². The van der Waals surface area contributed by atoms with E-state index < -0.39 is 0 Å². The molecule has 2 heterocycles. The van der Waals surface area contributed by atoms with Gasteiger partial charge in [0.15, 0.2) is 0 Å². The van der Waals surface area contributed by atoms with Gasteiger partial charge in [0.25, 0.3) is 0 Å². The van der Waals surface area contributed by atoms with Crippen molar-refractivity contribution in [2.45, 2.75) is 66.1 Å². The molecule has 0 fully saturated rings. The van der Waals surface area contributed by atoms with Crippen LogP contribution in [0.25, 0.3) is 0 Å². The molecule has 138 valence electrons. The Morgan fingerprint density at radius 2 is 1.96 bits per heavy atom. The zero-order valence-corrected chi connectivity index (χ0v) is 16.1. The van der Waals surface area contributed by atoms with Crippen molar-refractivity contribution in [3.05, 3.63) is 34.9 Å². The lowest BCUT2D eigenvalue weighted by molar-refractivity contribution is 0.237. The van der Waals surface area contributed by atoms with E-state index in [1.165, 1.54) is 5.69 Å². The van der Waals surface area contributed by atoms with Crippen LogP contribution in [0.1, 0.15) is 69.2 Å². The van der Waals surface area contributed by atoms with E-state index >= 15 is 0 Å². The molecule has 0 saturated carbocycles. The first-order valence-electron chi connectivity index (χ1n) is 8.99. The lowest BCUT2D eigenvalue weighted by Crippen LogP contribution is -2.36. The third-order valence-corrected chi connectivity index (χ3v) is 4.45. The molecular weight excluding hydrogens is 316 g/mol. The first-order chi connectivity index (χ1) is 11.9. The van der Waals surface area contributed by atoms with Gasteiger partial charge in [0.05, 0.1) is 17.9 Å². The number of nitrogens with zero attached hydrogens (tertiary/aromatic N) is 4. The molecule has 0 spiro atoms. The molecule has 7 heteroatoms. The Kier molecular flexibility index (Phi) is 6.22. The molecule has 2 aromatic heterocycles. The van der Waals surface area contributed by atoms with Crippen molar-refractivity contribution < 1.29 is 4.79 Å². The third-order valence-electron chi connectivity index (χ3n) is 4.45. The van der Waals surface area contributed by atoms with Crippen LogP contribution in [-0.2, 0) is 26.4 Å². The van der Waals surface area contributed by atoms with Crippen LogP contribution in [-0.4, -0.2) is 25.6 Å². The van der Waals surface area contributed by atoms with Crippen LogP contribution >= 0.6 is 0 Å². The van der Waals surface area contributed by atoms with Crippen molar-refractivity contribution in [1.29, 1.82) is 0 Å². The quantitative estimate of drug-likeness (QED) is 0.809. The summed E-state index contributed by atoms with van der Waals surface area (Å²) >= 11 is 0. The maximum Gasteiger partial charge on any atom is 0.315 e. The summed E-state index contributed by atoms with van der Waals surface area (Å²) in [7, 11) is 1.95. The molecular formula is C18H30N6O. The number of amides is 2. The largest absolute Gasteiger partial charge is 0.334 e. The maximum atomic E-state index is 12.3. The molecule has 2 amide bonds. The third kappa shape index (κ3) is 4.41. The topological polar surface area (TPSA) is 76.8 Å². The zero-order chi connectivity index (χ0) is 18.6. The van der Waals surface area contributed by atoms with E-state index in [0.29, 0.717) is 12.6 Å². The maximum absolute atomic E-state index is 12.3. The highest BCUT2D eigenvalue weighted by Gasteiger charge is 2.16. The van der Waals surface area contributed by atoms with E-state index in [0.717, 1.165) is 29.7 Å². The summed E-state index contributed by atoms with van der Waals surface area (Å²) < 4.78 is 3.80. The molecule has 0 aromatic carbocycles. The molecule has 0 aliphatic heterocycles. The van der Waals surface area contributed by atoms with Gasteiger partial charge in [0.2, 0.25) is 0 Å².